The molecule has 0 aliphatic heterocycles. The molecule has 15 heavy (non-hydrogen) atoms. The van der Waals surface area contributed by atoms with Crippen LogP contribution >= 0.6 is 0 Å². The fourth-order valence-electron chi connectivity index (χ4n) is 1.36. The van der Waals surface area contributed by atoms with Crippen molar-refractivity contribution in [3.8, 4) is 0 Å². The van der Waals surface area contributed by atoms with Crippen molar-refractivity contribution in [2.45, 2.75) is 0 Å². The second-order valence-electron chi connectivity index (χ2n) is 3.05. The summed E-state index contributed by atoms with van der Waals surface area (Å²) in [7, 11) is 0. The lowest BCUT2D eigenvalue weighted by atomic mass is 10.1. The van der Waals surface area contributed by atoms with Gasteiger partial charge in [0.2, 0.25) is 0 Å². The molecule has 0 atom stereocenters. The first-order chi connectivity index (χ1) is 7.09. The summed E-state index contributed by atoms with van der Waals surface area (Å²) in [5.41, 5.74) is 5.99. The molecule has 0 radical (unpaired) electrons. The zero-order valence-corrected chi connectivity index (χ0v) is 7.57. The molecule has 3 N–H and O–H groups in total. The van der Waals surface area contributed by atoms with Crippen LogP contribution in [-0.2, 0) is 0 Å². The highest BCUT2D eigenvalue weighted by molar-refractivity contribution is 6.03. The van der Waals surface area contributed by atoms with E-state index < -0.39 is 11.8 Å². The number of carbonyl (C=O) groups is 1. The van der Waals surface area contributed by atoms with Crippen LogP contribution in [0.3, 0.4) is 0 Å². The molecule has 0 unspecified atom stereocenters. The van der Waals surface area contributed by atoms with Crippen LogP contribution in [0.15, 0.2) is 24.4 Å². The molecule has 1 aromatic carbocycles. The Labute approximate surface area is 84.2 Å². The van der Waals surface area contributed by atoms with Gasteiger partial charge in [-0.25, -0.2) is 9.18 Å². The summed E-state index contributed by atoms with van der Waals surface area (Å²) in [6, 6.07) is 3.87. The molecule has 2 rings (SSSR count). The van der Waals surface area contributed by atoms with Crippen molar-refractivity contribution in [1.82, 2.24) is 4.98 Å². The van der Waals surface area contributed by atoms with E-state index in [9.17, 15) is 9.18 Å². The molecule has 0 saturated heterocycles. The normalized spacial score (nSPS) is 10.5. The van der Waals surface area contributed by atoms with E-state index in [1.54, 1.807) is 0 Å². The maximum atomic E-state index is 12.9. The molecule has 0 saturated carbocycles. The standard InChI is InChI=1S/C10H7FN2O2/c11-5-1-2-8-6(3-5)9(12)7(4-13-8)10(14)15/h1-4H,(H2,12,13)(H,14,15). The summed E-state index contributed by atoms with van der Waals surface area (Å²) in [6.07, 6.45) is 1.16. The van der Waals surface area contributed by atoms with E-state index in [0.717, 1.165) is 6.20 Å². The number of rotatable bonds is 1. The smallest absolute Gasteiger partial charge is 0.339 e. The third-order valence-electron chi connectivity index (χ3n) is 2.10. The molecule has 0 bridgehead atoms. The van der Waals surface area contributed by atoms with E-state index in [1.165, 1.54) is 18.2 Å². The summed E-state index contributed by atoms with van der Waals surface area (Å²) in [5.74, 6) is -1.65. The number of halogens is 1. The third-order valence-corrected chi connectivity index (χ3v) is 2.10. The van der Waals surface area contributed by atoms with E-state index in [2.05, 4.69) is 4.98 Å². The van der Waals surface area contributed by atoms with Gasteiger partial charge in [-0.2, -0.15) is 0 Å². The summed E-state index contributed by atoms with van der Waals surface area (Å²) in [4.78, 5) is 14.6. The average molecular weight is 206 g/mol. The van der Waals surface area contributed by atoms with E-state index >= 15 is 0 Å². The highest BCUT2D eigenvalue weighted by Gasteiger charge is 2.11. The zero-order valence-electron chi connectivity index (χ0n) is 7.57. The van der Waals surface area contributed by atoms with Crippen LogP contribution in [-0.4, -0.2) is 16.1 Å². The Balaban J connectivity index is 2.82. The molecular weight excluding hydrogens is 199 g/mol. The van der Waals surface area contributed by atoms with Gasteiger partial charge in [-0.05, 0) is 18.2 Å². The number of carboxylic acid groups (broad SMARTS) is 1. The van der Waals surface area contributed by atoms with Gasteiger partial charge in [-0.1, -0.05) is 0 Å². The second kappa shape index (κ2) is 3.20. The highest BCUT2D eigenvalue weighted by Crippen LogP contribution is 2.23. The molecule has 1 aromatic heterocycles. The van der Waals surface area contributed by atoms with Crippen molar-refractivity contribution < 1.29 is 14.3 Å². The minimum absolute atomic E-state index is 0.0343. The summed E-state index contributed by atoms with van der Waals surface area (Å²) in [5, 5.41) is 9.10. The Morgan fingerprint density at radius 3 is 2.87 bits per heavy atom. The first kappa shape index (κ1) is 9.39. The predicted octanol–water partition coefficient (Wildman–Crippen LogP) is 1.65. The van der Waals surface area contributed by atoms with Crippen molar-refractivity contribution in [2.75, 3.05) is 5.73 Å². The minimum atomic E-state index is -1.17. The van der Waals surface area contributed by atoms with Gasteiger partial charge in [0.15, 0.2) is 0 Å². The van der Waals surface area contributed by atoms with Gasteiger partial charge in [0.25, 0.3) is 0 Å². The second-order valence-corrected chi connectivity index (χ2v) is 3.05. The molecule has 5 heteroatoms. The Morgan fingerprint density at radius 2 is 2.20 bits per heavy atom. The number of anilines is 1. The fourth-order valence-corrected chi connectivity index (χ4v) is 1.36. The van der Waals surface area contributed by atoms with Gasteiger partial charge in [0, 0.05) is 11.6 Å². The Kier molecular flexibility index (Phi) is 2.00. The van der Waals surface area contributed by atoms with Gasteiger partial charge in [0.05, 0.1) is 11.2 Å². The number of pyridine rings is 1. The number of hydrogen-bond donors (Lipinski definition) is 2. The SMILES string of the molecule is Nc1c(C(=O)O)cnc2ccc(F)cc12. The molecule has 1 heterocycles. The predicted molar refractivity (Wildman–Crippen MR) is 53.1 cm³/mol. The molecule has 0 amide bonds. The summed E-state index contributed by atoms with van der Waals surface area (Å²) in [6.45, 7) is 0. The monoisotopic (exact) mass is 206 g/mol. The first-order valence-electron chi connectivity index (χ1n) is 4.16. The lowest BCUT2D eigenvalue weighted by Crippen LogP contribution is -2.04. The van der Waals surface area contributed by atoms with E-state index in [4.69, 9.17) is 10.8 Å². The Hall–Kier alpha value is -2.17. The van der Waals surface area contributed by atoms with Gasteiger partial charge >= 0.3 is 5.97 Å². The van der Waals surface area contributed by atoms with Crippen molar-refractivity contribution in [3.05, 3.63) is 35.8 Å². The number of nitrogens with two attached hydrogens (primary N) is 1. The van der Waals surface area contributed by atoms with Crippen LogP contribution < -0.4 is 5.73 Å². The molecule has 76 valence electrons. The maximum Gasteiger partial charge on any atom is 0.339 e. The van der Waals surface area contributed by atoms with E-state index in [1.807, 2.05) is 0 Å². The number of hydrogen-bond acceptors (Lipinski definition) is 3. The topological polar surface area (TPSA) is 76.2 Å². The number of nitrogens with zero attached hydrogens (tertiary/aromatic N) is 1. The number of fused-ring (bicyclic) bond motifs is 1. The largest absolute Gasteiger partial charge is 0.478 e. The average Bonchev–Trinajstić information content (AvgIpc) is 2.19. The van der Waals surface area contributed by atoms with Crippen LogP contribution in [0.4, 0.5) is 10.1 Å². The van der Waals surface area contributed by atoms with Crippen LogP contribution in [0.5, 0.6) is 0 Å². The number of benzene rings is 1. The van der Waals surface area contributed by atoms with Crippen LogP contribution in [0.1, 0.15) is 10.4 Å². The quantitative estimate of drug-likeness (QED) is 0.743. The number of carboxylic acids is 1. The highest BCUT2D eigenvalue weighted by atomic mass is 19.1. The van der Waals surface area contributed by atoms with Gasteiger partial charge in [0.1, 0.15) is 11.4 Å². The number of nitrogen functional groups attached to an aromatic ring is 1. The molecule has 2 aromatic rings. The van der Waals surface area contributed by atoms with Crippen molar-refractivity contribution in [3.63, 3.8) is 0 Å². The van der Waals surface area contributed by atoms with Crippen LogP contribution in [0.2, 0.25) is 0 Å². The van der Waals surface area contributed by atoms with Crippen molar-refractivity contribution in [1.29, 1.82) is 0 Å². The Morgan fingerprint density at radius 1 is 1.47 bits per heavy atom. The lowest BCUT2D eigenvalue weighted by molar-refractivity contribution is 0.0698. The zero-order chi connectivity index (χ0) is 11.0. The number of aromatic carboxylic acids is 1. The van der Waals surface area contributed by atoms with Crippen LogP contribution in [0, 0.1) is 5.82 Å². The minimum Gasteiger partial charge on any atom is -0.478 e. The molecule has 0 aliphatic rings. The Bertz CT molecular complexity index is 554. The fraction of sp³-hybridized carbons (Fsp3) is 0. The van der Waals surface area contributed by atoms with Gasteiger partial charge in [-0.15, -0.1) is 0 Å². The third kappa shape index (κ3) is 1.48. The van der Waals surface area contributed by atoms with Crippen molar-refractivity contribution >= 4 is 22.6 Å². The number of aromatic nitrogens is 1. The van der Waals surface area contributed by atoms with Crippen molar-refractivity contribution in [2.24, 2.45) is 0 Å². The van der Waals surface area contributed by atoms with E-state index in [-0.39, 0.29) is 11.3 Å². The van der Waals surface area contributed by atoms with E-state index in [0.29, 0.717) is 10.9 Å². The van der Waals surface area contributed by atoms with Crippen LogP contribution in [0.25, 0.3) is 10.9 Å². The first-order valence-corrected chi connectivity index (χ1v) is 4.16. The summed E-state index contributed by atoms with van der Waals surface area (Å²) >= 11 is 0. The molecular formula is C10H7FN2O2. The lowest BCUT2D eigenvalue weighted by Gasteiger charge is -2.04. The van der Waals surface area contributed by atoms with Gasteiger partial charge < -0.3 is 10.8 Å². The van der Waals surface area contributed by atoms with Gasteiger partial charge in [-0.3, -0.25) is 4.98 Å². The molecule has 0 spiro atoms. The molecule has 0 fully saturated rings. The summed E-state index contributed by atoms with van der Waals surface area (Å²) < 4.78 is 12.9. The maximum absolute atomic E-state index is 12.9. The molecule has 0 aliphatic carbocycles. The molecule has 4 nitrogen and oxygen atoms in total.